The van der Waals surface area contributed by atoms with Gasteiger partial charge in [-0.05, 0) is 29.8 Å². The smallest absolute Gasteiger partial charge is 0.238 e. The van der Waals surface area contributed by atoms with Crippen molar-refractivity contribution in [3.05, 3.63) is 63.1 Å². The van der Waals surface area contributed by atoms with Crippen LogP contribution >= 0.6 is 34.8 Å². The maximum absolute atomic E-state index is 12.3. The monoisotopic (exact) mass is 398 g/mol. The number of nitrogens with one attached hydrogen (secondary N) is 1. The van der Waals surface area contributed by atoms with Crippen molar-refractivity contribution in [2.75, 3.05) is 31.6 Å². The zero-order valence-electron chi connectivity index (χ0n) is 13.3. The number of nitrogens with zero attached hydrogens (tertiary/aromatic N) is 1. The second-order valence-corrected chi connectivity index (χ2v) is 7.02. The van der Waals surface area contributed by atoms with Crippen molar-refractivity contribution in [1.82, 2.24) is 4.90 Å². The van der Waals surface area contributed by atoms with Crippen LogP contribution in [0.2, 0.25) is 15.1 Å². The minimum Gasteiger partial charge on any atom is -0.371 e. The average molecular weight is 400 g/mol. The second-order valence-electron chi connectivity index (χ2n) is 5.80. The van der Waals surface area contributed by atoms with E-state index in [1.165, 1.54) is 0 Å². The molecule has 1 aliphatic rings. The van der Waals surface area contributed by atoms with Crippen LogP contribution < -0.4 is 5.32 Å². The first kappa shape index (κ1) is 18.5. The number of carbonyl (C=O) groups excluding carboxylic acids is 1. The molecule has 0 aromatic heterocycles. The molecule has 0 bridgehead atoms. The molecule has 1 aliphatic heterocycles. The molecule has 25 heavy (non-hydrogen) atoms. The zero-order chi connectivity index (χ0) is 17.8. The van der Waals surface area contributed by atoms with Crippen molar-refractivity contribution in [1.29, 1.82) is 0 Å². The number of amides is 1. The number of halogens is 3. The van der Waals surface area contributed by atoms with Crippen molar-refractivity contribution >= 4 is 46.4 Å². The van der Waals surface area contributed by atoms with E-state index >= 15 is 0 Å². The summed E-state index contributed by atoms with van der Waals surface area (Å²) in [5.41, 5.74) is 1.56. The Balaban J connectivity index is 1.59. The van der Waals surface area contributed by atoms with Gasteiger partial charge in [-0.15, -0.1) is 0 Å². The molecule has 0 radical (unpaired) electrons. The van der Waals surface area contributed by atoms with Crippen LogP contribution in [0.5, 0.6) is 0 Å². The standard InChI is InChI=1S/C18H17Cl3N2O2/c19-13-6-4-12(5-7-13)16-10-23(8-9-25-16)11-17(24)22-15-3-1-2-14(20)18(15)21/h1-7,16H,8-11H2,(H,22,24). The Bertz CT molecular complexity index is 752. The highest BCUT2D eigenvalue weighted by Crippen LogP contribution is 2.29. The lowest BCUT2D eigenvalue weighted by molar-refractivity contribution is -0.119. The number of carbonyl (C=O) groups is 1. The Labute approximate surface area is 161 Å². The first-order valence-corrected chi connectivity index (χ1v) is 8.99. The van der Waals surface area contributed by atoms with Crippen LogP contribution in [0, 0.1) is 0 Å². The number of rotatable bonds is 4. The van der Waals surface area contributed by atoms with Crippen molar-refractivity contribution < 1.29 is 9.53 Å². The molecule has 1 heterocycles. The summed E-state index contributed by atoms with van der Waals surface area (Å²) in [5, 5.41) is 4.25. The summed E-state index contributed by atoms with van der Waals surface area (Å²) in [6.07, 6.45) is -0.0754. The van der Waals surface area contributed by atoms with Crippen molar-refractivity contribution in [3.8, 4) is 0 Å². The molecule has 4 nitrogen and oxygen atoms in total. The number of benzene rings is 2. The molecular formula is C18H17Cl3N2O2. The van der Waals surface area contributed by atoms with Gasteiger partial charge in [0.05, 0.1) is 35.0 Å². The predicted octanol–water partition coefficient (Wildman–Crippen LogP) is 4.66. The molecule has 132 valence electrons. The summed E-state index contributed by atoms with van der Waals surface area (Å²) in [6, 6.07) is 12.7. The number of hydrogen-bond donors (Lipinski definition) is 1. The SMILES string of the molecule is O=C(CN1CCOC(c2ccc(Cl)cc2)C1)Nc1cccc(Cl)c1Cl. The molecule has 1 unspecified atom stereocenters. The lowest BCUT2D eigenvalue weighted by Gasteiger charge is -2.32. The summed E-state index contributed by atoms with van der Waals surface area (Å²) in [4.78, 5) is 14.4. The van der Waals surface area contributed by atoms with Crippen LogP contribution in [0.4, 0.5) is 5.69 Å². The molecule has 0 aliphatic carbocycles. The van der Waals surface area contributed by atoms with Gasteiger partial charge in [0.2, 0.25) is 5.91 Å². The van der Waals surface area contributed by atoms with Gasteiger partial charge in [-0.2, -0.15) is 0 Å². The summed E-state index contributed by atoms with van der Waals surface area (Å²) < 4.78 is 5.81. The quantitative estimate of drug-likeness (QED) is 0.813. The minimum absolute atomic E-state index is 0.0754. The van der Waals surface area contributed by atoms with Crippen LogP contribution in [0.25, 0.3) is 0 Å². The van der Waals surface area contributed by atoms with Gasteiger partial charge in [0.15, 0.2) is 0 Å². The molecule has 3 rings (SSSR count). The lowest BCUT2D eigenvalue weighted by Crippen LogP contribution is -2.42. The van der Waals surface area contributed by atoms with Crippen LogP contribution in [-0.2, 0) is 9.53 Å². The summed E-state index contributed by atoms with van der Waals surface area (Å²) in [7, 11) is 0. The van der Waals surface area contributed by atoms with E-state index in [0.717, 1.165) is 5.56 Å². The van der Waals surface area contributed by atoms with Gasteiger partial charge in [-0.25, -0.2) is 0 Å². The molecule has 2 aromatic carbocycles. The fourth-order valence-corrected chi connectivity index (χ4v) is 3.19. The molecule has 1 atom stereocenters. The van der Waals surface area contributed by atoms with Crippen LogP contribution in [0.1, 0.15) is 11.7 Å². The Hall–Kier alpha value is -1.30. The minimum atomic E-state index is -0.138. The Kier molecular flexibility index (Phi) is 6.20. The van der Waals surface area contributed by atoms with Crippen LogP contribution in [-0.4, -0.2) is 37.0 Å². The van der Waals surface area contributed by atoms with Gasteiger partial charge in [0.1, 0.15) is 0 Å². The highest BCUT2D eigenvalue weighted by atomic mass is 35.5. The summed E-state index contributed by atoms with van der Waals surface area (Å²) in [5.74, 6) is -0.138. The summed E-state index contributed by atoms with van der Waals surface area (Å²) >= 11 is 18.0. The van der Waals surface area contributed by atoms with Crippen molar-refractivity contribution in [3.63, 3.8) is 0 Å². The molecule has 7 heteroatoms. The maximum atomic E-state index is 12.3. The first-order valence-electron chi connectivity index (χ1n) is 7.86. The van der Waals surface area contributed by atoms with E-state index in [4.69, 9.17) is 39.5 Å². The molecule has 0 saturated carbocycles. The van der Waals surface area contributed by atoms with E-state index in [0.29, 0.717) is 40.5 Å². The lowest BCUT2D eigenvalue weighted by atomic mass is 10.1. The van der Waals surface area contributed by atoms with E-state index in [1.54, 1.807) is 18.2 Å². The predicted molar refractivity (Wildman–Crippen MR) is 102 cm³/mol. The van der Waals surface area contributed by atoms with Gasteiger partial charge >= 0.3 is 0 Å². The van der Waals surface area contributed by atoms with E-state index < -0.39 is 0 Å². The molecule has 1 N–H and O–H groups in total. The Morgan fingerprint density at radius 3 is 2.68 bits per heavy atom. The molecule has 1 saturated heterocycles. The molecule has 2 aromatic rings. The maximum Gasteiger partial charge on any atom is 0.238 e. The Morgan fingerprint density at radius 2 is 1.92 bits per heavy atom. The highest BCUT2D eigenvalue weighted by molar-refractivity contribution is 6.44. The van der Waals surface area contributed by atoms with Crippen LogP contribution in [0.3, 0.4) is 0 Å². The third-order valence-electron chi connectivity index (χ3n) is 3.99. The van der Waals surface area contributed by atoms with Gasteiger partial charge in [0.25, 0.3) is 0 Å². The Morgan fingerprint density at radius 1 is 1.16 bits per heavy atom. The van der Waals surface area contributed by atoms with E-state index in [1.807, 2.05) is 24.3 Å². The largest absolute Gasteiger partial charge is 0.371 e. The summed E-state index contributed by atoms with van der Waals surface area (Å²) in [6.45, 7) is 2.16. The fourth-order valence-electron chi connectivity index (χ4n) is 2.72. The van der Waals surface area contributed by atoms with Crippen molar-refractivity contribution in [2.24, 2.45) is 0 Å². The highest BCUT2D eigenvalue weighted by Gasteiger charge is 2.23. The third-order valence-corrected chi connectivity index (χ3v) is 5.06. The van der Waals surface area contributed by atoms with Crippen LogP contribution in [0.15, 0.2) is 42.5 Å². The zero-order valence-corrected chi connectivity index (χ0v) is 15.6. The van der Waals surface area contributed by atoms with Gasteiger partial charge in [0, 0.05) is 18.1 Å². The average Bonchev–Trinajstić information content (AvgIpc) is 2.60. The third kappa shape index (κ3) is 4.87. The molecule has 0 spiro atoms. The van der Waals surface area contributed by atoms with Gasteiger partial charge < -0.3 is 10.1 Å². The van der Waals surface area contributed by atoms with Gasteiger partial charge in [-0.3, -0.25) is 9.69 Å². The first-order chi connectivity index (χ1) is 12.0. The molecule has 1 fully saturated rings. The normalized spacial score (nSPS) is 18.1. The van der Waals surface area contributed by atoms with E-state index in [9.17, 15) is 4.79 Å². The fraction of sp³-hybridized carbons (Fsp3) is 0.278. The van der Waals surface area contributed by atoms with E-state index in [2.05, 4.69) is 10.2 Å². The molecular weight excluding hydrogens is 383 g/mol. The molecule has 1 amide bonds. The number of ether oxygens (including phenoxy) is 1. The number of morpholine rings is 1. The van der Waals surface area contributed by atoms with Gasteiger partial charge in [-0.1, -0.05) is 53.0 Å². The number of anilines is 1. The number of hydrogen-bond acceptors (Lipinski definition) is 3. The van der Waals surface area contributed by atoms with E-state index in [-0.39, 0.29) is 18.6 Å². The van der Waals surface area contributed by atoms with Crippen molar-refractivity contribution in [2.45, 2.75) is 6.10 Å². The topological polar surface area (TPSA) is 41.6 Å². The second kappa shape index (κ2) is 8.39.